The van der Waals surface area contributed by atoms with Crippen LogP contribution in [0.15, 0.2) is 24.3 Å². The third-order valence-corrected chi connectivity index (χ3v) is 4.31. The lowest BCUT2D eigenvalue weighted by atomic mass is 10.0. The van der Waals surface area contributed by atoms with Crippen LogP contribution in [0.2, 0.25) is 5.02 Å². The van der Waals surface area contributed by atoms with Gasteiger partial charge < -0.3 is 15.4 Å². The summed E-state index contributed by atoms with van der Waals surface area (Å²) in [5.74, 6) is -1.50. The van der Waals surface area contributed by atoms with Crippen LogP contribution in [0.4, 0.5) is 22.4 Å². The zero-order chi connectivity index (χ0) is 20.6. The maximum atomic E-state index is 13.5. The lowest BCUT2D eigenvalue weighted by molar-refractivity contribution is -0.143. The quantitative estimate of drug-likeness (QED) is 0.744. The molecule has 12 heteroatoms. The number of nitrogens with one attached hydrogen (secondary N) is 2. The monoisotopic (exact) mass is 420 g/mol. The minimum Gasteiger partial charge on any atom is -0.434 e. The van der Waals surface area contributed by atoms with Crippen molar-refractivity contribution < 1.29 is 31.9 Å². The molecule has 7 nitrogen and oxygen atoms in total. The minimum atomic E-state index is -4.67. The van der Waals surface area contributed by atoms with Crippen LogP contribution < -0.4 is 10.6 Å². The lowest BCUT2D eigenvalue weighted by Gasteiger charge is -2.19. The molecule has 1 fully saturated rings. The second-order valence-electron chi connectivity index (χ2n) is 5.97. The van der Waals surface area contributed by atoms with E-state index in [4.69, 9.17) is 16.3 Å². The highest BCUT2D eigenvalue weighted by Crippen LogP contribution is 2.32. The second kappa shape index (κ2) is 7.30. The third kappa shape index (κ3) is 4.03. The van der Waals surface area contributed by atoms with Gasteiger partial charge in [0.25, 0.3) is 5.91 Å². The molecule has 1 aromatic carbocycles. The van der Waals surface area contributed by atoms with Gasteiger partial charge in [0.05, 0.1) is 23.3 Å². The van der Waals surface area contributed by atoms with Gasteiger partial charge in [0, 0.05) is 7.05 Å². The minimum absolute atomic E-state index is 0.0996. The Kier molecular flexibility index (Phi) is 5.20. The number of amides is 2. The molecule has 1 aliphatic heterocycles. The Morgan fingerprint density at radius 1 is 1.43 bits per heavy atom. The molecule has 2 N–H and O–H groups in total. The lowest BCUT2D eigenvalue weighted by Crippen LogP contribution is -2.39. The number of nitrogens with zero attached hydrogens (tertiary/aromatic N) is 2. The van der Waals surface area contributed by atoms with Gasteiger partial charge in [0.2, 0.25) is 0 Å². The Hall–Kier alpha value is -2.82. The summed E-state index contributed by atoms with van der Waals surface area (Å²) in [6.07, 6.45) is -6.63. The largest absolute Gasteiger partial charge is 0.434 e. The van der Waals surface area contributed by atoms with Crippen LogP contribution in [0.5, 0.6) is 0 Å². The van der Waals surface area contributed by atoms with Crippen molar-refractivity contribution in [3.8, 4) is 0 Å². The number of alkyl halides is 3. The number of benzene rings is 1. The molecule has 3 rings (SSSR count). The normalized spacial score (nSPS) is 17.8. The number of aromatic nitrogens is 2. The van der Waals surface area contributed by atoms with Crippen LogP contribution in [0.25, 0.3) is 0 Å². The molecular weight excluding hydrogens is 408 g/mol. The van der Waals surface area contributed by atoms with E-state index in [1.165, 1.54) is 12.1 Å². The molecule has 1 aliphatic rings. The molecule has 2 heterocycles. The number of ether oxygens (including phenoxy) is 1. The maximum absolute atomic E-state index is 13.5. The first-order chi connectivity index (χ1) is 13.1. The Morgan fingerprint density at radius 2 is 2.14 bits per heavy atom. The number of rotatable bonds is 4. The predicted octanol–water partition coefficient (Wildman–Crippen LogP) is 2.55. The Morgan fingerprint density at radius 3 is 2.68 bits per heavy atom. The first-order valence-electron chi connectivity index (χ1n) is 7.87. The molecule has 2 amide bonds. The first kappa shape index (κ1) is 19.9. The van der Waals surface area contributed by atoms with Gasteiger partial charge in [-0.05, 0) is 23.8 Å². The Bertz CT molecular complexity index is 931. The van der Waals surface area contributed by atoms with Crippen LogP contribution in [0.1, 0.15) is 23.0 Å². The van der Waals surface area contributed by atoms with E-state index in [9.17, 15) is 27.2 Å². The fourth-order valence-electron chi connectivity index (χ4n) is 2.69. The van der Waals surface area contributed by atoms with E-state index in [0.29, 0.717) is 4.68 Å². The van der Waals surface area contributed by atoms with Crippen LogP contribution in [-0.2, 0) is 22.8 Å². The number of alkyl carbamates (subject to hydrolysis) is 1. The summed E-state index contributed by atoms with van der Waals surface area (Å²) in [4.78, 5) is 23.5. The standard InChI is InChI=1S/C16H13ClF4N4O3/c1-25-12(16(19,20)21)5-10(24-25)13(7-2-3-9(18)8(17)4-7)23-14(26)11-6-22-15(27)28-11/h2-5,11,13H,6H2,1H3,(H,22,27)(H,23,26)/t11?,13-/m1/s1. The average molecular weight is 421 g/mol. The van der Waals surface area contributed by atoms with Crippen molar-refractivity contribution in [2.24, 2.45) is 7.05 Å². The molecule has 2 aromatic rings. The summed E-state index contributed by atoms with van der Waals surface area (Å²) in [6.45, 7) is -0.0996. The summed E-state index contributed by atoms with van der Waals surface area (Å²) in [5.41, 5.74) is -0.990. The smallest absolute Gasteiger partial charge is 0.433 e. The highest BCUT2D eigenvalue weighted by molar-refractivity contribution is 6.30. The van der Waals surface area contributed by atoms with E-state index in [-0.39, 0.29) is 22.8 Å². The average Bonchev–Trinajstić information content (AvgIpc) is 3.20. The van der Waals surface area contributed by atoms with Crippen LogP contribution in [0, 0.1) is 5.82 Å². The molecular formula is C16H13ClF4N4O3. The molecule has 2 atom stereocenters. The number of hydrogen-bond acceptors (Lipinski definition) is 4. The van der Waals surface area contributed by atoms with Gasteiger partial charge in [-0.1, -0.05) is 17.7 Å². The van der Waals surface area contributed by atoms with Gasteiger partial charge >= 0.3 is 12.3 Å². The zero-order valence-corrected chi connectivity index (χ0v) is 14.9. The van der Waals surface area contributed by atoms with Crippen LogP contribution >= 0.6 is 11.6 Å². The highest BCUT2D eigenvalue weighted by Gasteiger charge is 2.37. The summed E-state index contributed by atoms with van der Waals surface area (Å²) in [6, 6.07) is 3.02. The van der Waals surface area contributed by atoms with Gasteiger partial charge in [-0.25, -0.2) is 9.18 Å². The van der Waals surface area contributed by atoms with Gasteiger partial charge in [-0.2, -0.15) is 18.3 Å². The third-order valence-electron chi connectivity index (χ3n) is 4.02. The van der Waals surface area contributed by atoms with E-state index in [2.05, 4.69) is 15.7 Å². The zero-order valence-electron chi connectivity index (χ0n) is 14.2. The predicted molar refractivity (Wildman–Crippen MR) is 87.9 cm³/mol. The molecule has 1 aromatic heterocycles. The van der Waals surface area contributed by atoms with Crippen molar-refractivity contribution in [3.05, 3.63) is 52.1 Å². The number of hydrogen-bond donors (Lipinski definition) is 2. The van der Waals surface area contributed by atoms with Crippen molar-refractivity contribution in [3.63, 3.8) is 0 Å². The van der Waals surface area contributed by atoms with Crippen molar-refractivity contribution >= 4 is 23.6 Å². The van der Waals surface area contributed by atoms with Crippen LogP contribution in [0.3, 0.4) is 0 Å². The molecule has 0 aliphatic carbocycles. The van der Waals surface area contributed by atoms with Gasteiger partial charge in [0.1, 0.15) is 11.5 Å². The summed E-state index contributed by atoms with van der Waals surface area (Å²) >= 11 is 5.76. The van der Waals surface area contributed by atoms with Crippen LogP contribution in [-0.4, -0.2) is 34.4 Å². The molecule has 0 bridgehead atoms. The maximum Gasteiger partial charge on any atom is 0.433 e. The van der Waals surface area contributed by atoms with E-state index >= 15 is 0 Å². The molecule has 28 heavy (non-hydrogen) atoms. The van der Waals surface area contributed by atoms with Crippen molar-refractivity contribution in [2.45, 2.75) is 18.3 Å². The van der Waals surface area contributed by atoms with E-state index < -0.39 is 41.8 Å². The molecule has 1 saturated heterocycles. The summed E-state index contributed by atoms with van der Waals surface area (Å²) < 4.78 is 58.2. The molecule has 1 unspecified atom stereocenters. The molecule has 150 valence electrons. The number of carbonyl (C=O) groups is 2. The topological polar surface area (TPSA) is 85.3 Å². The van der Waals surface area contributed by atoms with Gasteiger partial charge in [0.15, 0.2) is 6.10 Å². The Labute approximate surface area is 160 Å². The summed E-state index contributed by atoms with van der Waals surface area (Å²) in [7, 11) is 1.10. The van der Waals surface area contributed by atoms with Crippen molar-refractivity contribution in [1.82, 2.24) is 20.4 Å². The Balaban J connectivity index is 1.98. The first-order valence-corrected chi connectivity index (χ1v) is 8.25. The van der Waals surface area contributed by atoms with E-state index in [1.807, 2.05) is 0 Å². The van der Waals surface area contributed by atoms with Crippen molar-refractivity contribution in [1.29, 1.82) is 0 Å². The fraction of sp³-hybridized carbons (Fsp3) is 0.312. The van der Waals surface area contributed by atoms with Gasteiger partial charge in [-0.3, -0.25) is 9.48 Å². The number of aryl methyl sites for hydroxylation is 1. The molecule has 0 radical (unpaired) electrons. The van der Waals surface area contributed by atoms with E-state index in [1.54, 1.807) is 0 Å². The number of cyclic esters (lactones) is 1. The number of carbonyl (C=O) groups excluding carboxylic acids is 2. The summed E-state index contributed by atoms with van der Waals surface area (Å²) in [5, 5.41) is 8.30. The highest BCUT2D eigenvalue weighted by atomic mass is 35.5. The van der Waals surface area contributed by atoms with E-state index in [0.717, 1.165) is 19.2 Å². The fourth-order valence-corrected chi connectivity index (χ4v) is 2.87. The van der Waals surface area contributed by atoms with Crippen molar-refractivity contribution in [2.75, 3.05) is 6.54 Å². The second-order valence-corrected chi connectivity index (χ2v) is 6.37. The SMILES string of the molecule is Cn1nc([C@H](NC(=O)C2CNC(=O)O2)c2ccc(F)c(Cl)c2)cc1C(F)(F)F. The molecule has 0 saturated carbocycles. The number of halogens is 5. The van der Waals surface area contributed by atoms with Gasteiger partial charge in [-0.15, -0.1) is 0 Å². The molecule has 0 spiro atoms.